The Kier molecular flexibility index (Phi) is 2.37. The molecule has 1 heterocycles. The van der Waals surface area contributed by atoms with E-state index in [9.17, 15) is 4.39 Å². The fourth-order valence-electron chi connectivity index (χ4n) is 1.33. The summed E-state index contributed by atoms with van der Waals surface area (Å²) in [7, 11) is 0. The lowest BCUT2D eigenvalue weighted by molar-refractivity contribution is 0.631. The molecule has 0 aliphatic carbocycles. The zero-order valence-corrected chi connectivity index (χ0v) is 9.10. The maximum atomic E-state index is 13.5. The van der Waals surface area contributed by atoms with E-state index in [2.05, 4.69) is 26.1 Å². The Bertz CT molecular complexity index is 465. The molecule has 0 amide bonds. The molecule has 2 nitrogen and oxygen atoms in total. The number of aryl methyl sites for hydroxylation is 1. The van der Waals surface area contributed by atoms with E-state index in [1.54, 1.807) is 18.3 Å². The second kappa shape index (κ2) is 3.53. The Morgan fingerprint density at radius 3 is 2.79 bits per heavy atom. The Morgan fingerprint density at radius 1 is 1.36 bits per heavy atom. The van der Waals surface area contributed by atoms with Crippen LogP contribution in [0.5, 0.6) is 0 Å². The molecule has 0 bridgehead atoms. The summed E-state index contributed by atoms with van der Waals surface area (Å²) in [5.41, 5.74) is 2.22. The highest BCUT2D eigenvalue weighted by Gasteiger charge is 2.09. The van der Waals surface area contributed by atoms with Crippen LogP contribution in [0.15, 0.2) is 28.9 Å². The lowest BCUT2D eigenvalue weighted by atomic mass is 10.1. The van der Waals surface area contributed by atoms with Crippen LogP contribution >= 0.6 is 15.9 Å². The number of nitrogens with one attached hydrogen (secondary N) is 1. The molecule has 0 saturated heterocycles. The Hall–Kier alpha value is -1.16. The van der Waals surface area contributed by atoms with Gasteiger partial charge in [-0.2, -0.15) is 5.10 Å². The summed E-state index contributed by atoms with van der Waals surface area (Å²) in [5.74, 6) is -0.238. The summed E-state index contributed by atoms with van der Waals surface area (Å²) in [6.07, 6.45) is 1.63. The molecule has 0 aliphatic heterocycles. The topological polar surface area (TPSA) is 28.7 Å². The first kappa shape index (κ1) is 9.40. The monoisotopic (exact) mass is 254 g/mol. The van der Waals surface area contributed by atoms with E-state index in [1.807, 2.05) is 6.92 Å². The SMILES string of the molecule is Cc1[nH]ncc1-c1cc(Br)ccc1F. The van der Waals surface area contributed by atoms with Gasteiger partial charge in [-0.1, -0.05) is 15.9 Å². The van der Waals surface area contributed by atoms with Crippen LogP contribution in [-0.4, -0.2) is 10.2 Å². The number of nitrogens with zero attached hydrogens (tertiary/aromatic N) is 1. The van der Waals surface area contributed by atoms with Crippen molar-refractivity contribution in [2.75, 3.05) is 0 Å². The minimum atomic E-state index is -0.238. The molecule has 0 fully saturated rings. The van der Waals surface area contributed by atoms with Crippen molar-refractivity contribution in [1.29, 1.82) is 0 Å². The van der Waals surface area contributed by atoms with Crippen molar-refractivity contribution in [1.82, 2.24) is 10.2 Å². The molecule has 1 aromatic heterocycles. The van der Waals surface area contributed by atoms with Crippen LogP contribution in [0.3, 0.4) is 0 Å². The molecule has 1 N–H and O–H groups in total. The predicted molar refractivity (Wildman–Crippen MR) is 56.4 cm³/mol. The molecule has 1 aromatic carbocycles. The van der Waals surface area contributed by atoms with E-state index in [-0.39, 0.29) is 5.82 Å². The maximum absolute atomic E-state index is 13.5. The van der Waals surface area contributed by atoms with E-state index in [1.165, 1.54) is 6.07 Å². The molecule has 0 atom stereocenters. The lowest BCUT2D eigenvalue weighted by Gasteiger charge is -2.01. The van der Waals surface area contributed by atoms with Gasteiger partial charge in [0.2, 0.25) is 0 Å². The third-order valence-electron chi connectivity index (χ3n) is 2.05. The van der Waals surface area contributed by atoms with Gasteiger partial charge in [-0.25, -0.2) is 4.39 Å². The maximum Gasteiger partial charge on any atom is 0.131 e. The fraction of sp³-hybridized carbons (Fsp3) is 0.100. The van der Waals surface area contributed by atoms with Crippen molar-refractivity contribution < 1.29 is 4.39 Å². The summed E-state index contributed by atoms with van der Waals surface area (Å²) in [4.78, 5) is 0. The van der Waals surface area contributed by atoms with Gasteiger partial charge in [0.15, 0.2) is 0 Å². The molecule has 4 heteroatoms. The molecule has 0 saturated carbocycles. The third kappa shape index (κ3) is 1.57. The molecule has 72 valence electrons. The van der Waals surface area contributed by atoms with Gasteiger partial charge < -0.3 is 0 Å². The zero-order chi connectivity index (χ0) is 10.1. The van der Waals surface area contributed by atoms with Crippen molar-refractivity contribution in [2.45, 2.75) is 6.92 Å². The van der Waals surface area contributed by atoms with Crippen molar-refractivity contribution >= 4 is 15.9 Å². The lowest BCUT2D eigenvalue weighted by Crippen LogP contribution is -1.84. The molecule has 14 heavy (non-hydrogen) atoms. The largest absolute Gasteiger partial charge is 0.282 e. The Balaban J connectivity index is 2.62. The van der Waals surface area contributed by atoms with Crippen LogP contribution in [-0.2, 0) is 0 Å². The number of rotatable bonds is 1. The fourth-order valence-corrected chi connectivity index (χ4v) is 1.69. The van der Waals surface area contributed by atoms with Crippen molar-refractivity contribution in [3.8, 4) is 11.1 Å². The summed E-state index contributed by atoms with van der Waals surface area (Å²) in [6.45, 7) is 1.86. The van der Waals surface area contributed by atoms with Gasteiger partial charge in [-0.05, 0) is 25.1 Å². The summed E-state index contributed by atoms with van der Waals surface area (Å²) >= 11 is 3.31. The highest BCUT2D eigenvalue weighted by Crippen LogP contribution is 2.27. The molecule has 0 unspecified atom stereocenters. The van der Waals surface area contributed by atoms with Crippen LogP contribution in [0.2, 0.25) is 0 Å². The molecule has 0 radical (unpaired) electrons. The normalized spacial score (nSPS) is 10.5. The number of benzene rings is 1. The summed E-state index contributed by atoms with van der Waals surface area (Å²) < 4.78 is 14.3. The first-order chi connectivity index (χ1) is 6.68. The van der Waals surface area contributed by atoms with Gasteiger partial charge >= 0.3 is 0 Å². The Morgan fingerprint density at radius 2 is 2.14 bits per heavy atom. The molecule has 0 spiro atoms. The van der Waals surface area contributed by atoms with Crippen LogP contribution in [0.25, 0.3) is 11.1 Å². The van der Waals surface area contributed by atoms with Crippen LogP contribution in [0.1, 0.15) is 5.69 Å². The van der Waals surface area contributed by atoms with Gasteiger partial charge in [0.05, 0.1) is 6.20 Å². The van der Waals surface area contributed by atoms with E-state index in [4.69, 9.17) is 0 Å². The number of aromatic amines is 1. The number of H-pyrrole nitrogens is 1. The molecule has 0 aliphatic rings. The van der Waals surface area contributed by atoms with Gasteiger partial charge in [0.1, 0.15) is 5.82 Å². The molecule has 2 aromatic rings. The van der Waals surface area contributed by atoms with Gasteiger partial charge in [0, 0.05) is 21.3 Å². The predicted octanol–water partition coefficient (Wildman–Crippen LogP) is 3.29. The highest BCUT2D eigenvalue weighted by atomic mass is 79.9. The third-order valence-corrected chi connectivity index (χ3v) is 2.54. The summed E-state index contributed by atoms with van der Waals surface area (Å²) in [6, 6.07) is 4.85. The average Bonchev–Trinajstić information content (AvgIpc) is 2.56. The molecular formula is C10H8BrFN2. The first-order valence-electron chi connectivity index (χ1n) is 4.14. The quantitative estimate of drug-likeness (QED) is 0.832. The number of hydrogen-bond acceptors (Lipinski definition) is 1. The molecular weight excluding hydrogens is 247 g/mol. The van der Waals surface area contributed by atoms with Crippen LogP contribution in [0.4, 0.5) is 4.39 Å². The second-order valence-corrected chi connectivity index (χ2v) is 3.95. The van der Waals surface area contributed by atoms with E-state index >= 15 is 0 Å². The van der Waals surface area contributed by atoms with E-state index in [0.717, 1.165) is 15.7 Å². The van der Waals surface area contributed by atoms with Crippen LogP contribution in [0, 0.1) is 12.7 Å². The van der Waals surface area contributed by atoms with Gasteiger partial charge in [0.25, 0.3) is 0 Å². The zero-order valence-electron chi connectivity index (χ0n) is 7.51. The number of aromatic nitrogens is 2. The van der Waals surface area contributed by atoms with Crippen LogP contribution < -0.4 is 0 Å². The minimum Gasteiger partial charge on any atom is -0.282 e. The first-order valence-corrected chi connectivity index (χ1v) is 4.93. The van der Waals surface area contributed by atoms with Crippen molar-refractivity contribution in [3.05, 3.63) is 40.4 Å². The van der Waals surface area contributed by atoms with E-state index in [0.29, 0.717) is 5.56 Å². The Labute approximate surface area is 89.3 Å². The number of halogens is 2. The average molecular weight is 255 g/mol. The van der Waals surface area contributed by atoms with E-state index < -0.39 is 0 Å². The second-order valence-electron chi connectivity index (χ2n) is 3.03. The smallest absolute Gasteiger partial charge is 0.131 e. The summed E-state index contributed by atoms with van der Waals surface area (Å²) in [5, 5.41) is 6.64. The van der Waals surface area contributed by atoms with Crippen molar-refractivity contribution in [3.63, 3.8) is 0 Å². The van der Waals surface area contributed by atoms with Gasteiger partial charge in [-0.3, -0.25) is 5.10 Å². The van der Waals surface area contributed by atoms with Crippen molar-refractivity contribution in [2.24, 2.45) is 0 Å². The minimum absolute atomic E-state index is 0.238. The molecule has 2 rings (SSSR count). The standard InChI is InChI=1S/C10H8BrFN2/c1-6-9(5-13-14-6)8-4-7(11)2-3-10(8)12/h2-5H,1H3,(H,13,14). The van der Waals surface area contributed by atoms with Gasteiger partial charge in [-0.15, -0.1) is 0 Å². The number of hydrogen-bond donors (Lipinski definition) is 1. The highest BCUT2D eigenvalue weighted by molar-refractivity contribution is 9.10.